The Morgan fingerprint density at radius 1 is 1.31 bits per heavy atom. The molecule has 0 fully saturated rings. The first kappa shape index (κ1) is 19.8. The van der Waals surface area contributed by atoms with Crippen molar-refractivity contribution in [3.8, 4) is 6.07 Å². The second-order valence-electron chi connectivity index (χ2n) is 6.10. The SMILES string of the molecule is C[C@H](NC(=O)Cn1c(=O)[nH]c2ccc(F)c(F)c2c1=O)c1ncc(C#N)cc1F. The summed E-state index contributed by atoms with van der Waals surface area (Å²) in [5.41, 5.74) is -2.57. The Morgan fingerprint density at radius 3 is 2.69 bits per heavy atom. The van der Waals surface area contributed by atoms with Crippen LogP contribution in [0, 0.1) is 28.8 Å². The summed E-state index contributed by atoms with van der Waals surface area (Å²) in [6, 6.07) is 3.49. The Hall–Kier alpha value is -3.94. The van der Waals surface area contributed by atoms with E-state index in [4.69, 9.17) is 5.26 Å². The van der Waals surface area contributed by atoms with E-state index in [1.54, 1.807) is 6.07 Å². The van der Waals surface area contributed by atoms with Crippen LogP contribution in [0.5, 0.6) is 0 Å². The highest BCUT2D eigenvalue weighted by molar-refractivity contribution is 5.79. The van der Waals surface area contributed by atoms with Gasteiger partial charge in [-0.25, -0.2) is 18.0 Å². The summed E-state index contributed by atoms with van der Waals surface area (Å²) in [5.74, 6) is -4.43. The molecule has 1 amide bonds. The molecule has 0 radical (unpaired) electrons. The van der Waals surface area contributed by atoms with Crippen LogP contribution < -0.4 is 16.6 Å². The quantitative estimate of drug-likeness (QED) is 0.679. The molecule has 0 spiro atoms. The lowest BCUT2D eigenvalue weighted by Crippen LogP contribution is -2.41. The third kappa shape index (κ3) is 3.73. The zero-order valence-corrected chi connectivity index (χ0v) is 14.8. The fraction of sp³-hybridized carbons (Fsp3) is 0.167. The largest absolute Gasteiger partial charge is 0.346 e. The molecular formula is C18H12F3N5O3. The van der Waals surface area contributed by atoms with Crippen LogP contribution in [0.15, 0.2) is 34.0 Å². The second-order valence-corrected chi connectivity index (χ2v) is 6.10. The smallest absolute Gasteiger partial charge is 0.329 e. The molecular weight excluding hydrogens is 391 g/mol. The van der Waals surface area contributed by atoms with Crippen molar-refractivity contribution in [1.82, 2.24) is 19.9 Å². The van der Waals surface area contributed by atoms with Gasteiger partial charge in [0.05, 0.1) is 22.8 Å². The fourth-order valence-electron chi connectivity index (χ4n) is 2.74. The van der Waals surface area contributed by atoms with E-state index in [9.17, 15) is 27.6 Å². The van der Waals surface area contributed by atoms with E-state index in [-0.39, 0.29) is 16.8 Å². The van der Waals surface area contributed by atoms with Gasteiger partial charge < -0.3 is 10.3 Å². The first-order chi connectivity index (χ1) is 13.7. The molecule has 0 unspecified atom stereocenters. The van der Waals surface area contributed by atoms with Gasteiger partial charge in [-0.05, 0) is 25.1 Å². The van der Waals surface area contributed by atoms with E-state index in [1.807, 2.05) is 0 Å². The summed E-state index contributed by atoms with van der Waals surface area (Å²) < 4.78 is 41.8. The van der Waals surface area contributed by atoms with Gasteiger partial charge in [-0.3, -0.25) is 19.1 Å². The van der Waals surface area contributed by atoms with Crippen molar-refractivity contribution in [2.24, 2.45) is 0 Å². The molecule has 148 valence electrons. The Kier molecular flexibility index (Phi) is 5.18. The monoisotopic (exact) mass is 403 g/mol. The molecule has 0 aliphatic rings. The van der Waals surface area contributed by atoms with E-state index in [0.717, 1.165) is 24.4 Å². The third-order valence-electron chi connectivity index (χ3n) is 4.13. The Labute approximate surface area is 160 Å². The van der Waals surface area contributed by atoms with Crippen LogP contribution in [-0.4, -0.2) is 20.4 Å². The van der Waals surface area contributed by atoms with Crippen LogP contribution in [0.3, 0.4) is 0 Å². The minimum atomic E-state index is -1.45. The number of hydrogen-bond donors (Lipinski definition) is 2. The number of nitrogens with zero attached hydrogens (tertiary/aromatic N) is 3. The zero-order chi connectivity index (χ0) is 21.3. The summed E-state index contributed by atoms with van der Waals surface area (Å²) in [7, 11) is 0. The van der Waals surface area contributed by atoms with Gasteiger partial charge in [0.15, 0.2) is 11.6 Å². The molecule has 11 heteroatoms. The number of halogens is 3. The van der Waals surface area contributed by atoms with Gasteiger partial charge >= 0.3 is 5.69 Å². The molecule has 1 aromatic carbocycles. The van der Waals surface area contributed by atoms with Gasteiger partial charge in [-0.15, -0.1) is 0 Å². The lowest BCUT2D eigenvalue weighted by Gasteiger charge is -2.15. The van der Waals surface area contributed by atoms with E-state index in [1.165, 1.54) is 6.92 Å². The highest BCUT2D eigenvalue weighted by Crippen LogP contribution is 2.15. The maximum Gasteiger partial charge on any atom is 0.329 e. The van der Waals surface area contributed by atoms with Gasteiger partial charge in [-0.1, -0.05) is 0 Å². The Balaban J connectivity index is 1.89. The van der Waals surface area contributed by atoms with Crippen LogP contribution in [0.2, 0.25) is 0 Å². The fourth-order valence-corrected chi connectivity index (χ4v) is 2.74. The average Bonchev–Trinajstić information content (AvgIpc) is 2.67. The normalized spacial score (nSPS) is 11.8. The van der Waals surface area contributed by atoms with Gasteiger partial charge in [-0.2, -0.15) is 5.26 Å². The molecule has 0 aliphatic carbocycles. The first-order valence-corrected chi connectivity index (χ1v) is 8.18. The average molecular weight is 403 g/mol. The topological polar surface area (TPSA) is 121 Å². The van der Waals surface area contributed by atoms with Crippen molar-refractivity contribution in [3.63, 3.8) is 0 Å². The molecule has 2 heterocycles. The predicted molar refractivity (Wildman–Crippen MR) is 94.2 cm³/mol. The van der Waals surface area contributed by atoms with Gasteiger partial charge in [0, 0.05) is 6.20 Å². The zero-order valence-electron chi connectivity index (χ0n) is 14.8. The number of H-pyrrole nitrogens is 1. The third-order valence-corrected chi connectivity index (χ3v) is 4.13. The number of aromatic amines is 1. The van der Waals surface area contributed by atoms with Gasteiger partial charge in [0.1, 0.15) is 23.8 Å². The molecule has 0 saturated heterocycles. The molecule has 1 atom stereocenters. The highest BCUT2D eigenvalue weighted by Gasteiger charge is 2.19. The van der Waals surface area contributed by atoms with Crippen molar-refractivity contribution < 1.29 is 18.0 Å². The van der Waals surface area contributed by atoms with Crippen LogP contribution in [0.1, 0.15) is 24.2 Å². The molecule has 29 heavy (non-hydrogen) atoms. The molecule has 2 N–H and O–H groups in total. The first-order valence-electron chi connectivity index (χ1n) is 8.18. The maximum absolute atomic E-state index is 14.0. The van der Waals surface area contributed by atoms with E-state index >= 15 is 0 Å². The van der Waals surface area contributed by atoms with Crippen LogP contribution >= 0.6 is 0 Å². The van der Waals surface area contributed by atoms with Crippen molar-refractivity contribution in [2.75, 3.05) is 0 Å². The van der Waals surface area contributed by atoms with Crippen LogP contribution in [-0.2, 0) is 11.3 Å². The van der Waals surface area contributed by atoms with Gasteiger partial charge in [0.2, 0.25) is 5.91 Å². The minimum absolute atomic E-state index is 0.00622. The molecule has 0 saturated carbocycles. The Bertz CT molecular complexity index is 1290. The van der Waals surface area contributed by atoms with Crippen LogP contribution in [0.25, 0.3) is 10.9 Å². The number of hydrogen-bond acceptors (Lipinski definition) is 5. The van der Waals surface area contributed by atoms with E-state index in [2.05, 4.69) is 15.3 Å². The van der Waals surface area contributed by atoms with Crippen molar-refractivity contribution in [1.29, 1.82) is 5.26 Å². The number of pyridine rings is 1. The van der Waals surface area contributed by atoms with Crippen molar-refractivity contribution >= 4 is 16.8 Å². The molecule has 8 nitrogen and oxygen atoms in total. The molecule has 2 aromatic heterocycles. The number of amides is 1. The number of rotatable bonds is 4. The maximum atomic E-state index is 14.0. The minimum Gasteiger partial charge on any atom is -0.346 e. The van der Waals surface area contributed by atoms with Gasteiger partial charge in [0.25, 0.3) is 5.56 Å². The van der Waals surface area contributed by atoms with Crippen molar-refractivity contribution in [3.05, 3.63) is 73.9 Å². The van der Waals surface area contributed by atoms with Crippen LogP contribution in [0.4, 0.5) is 13.2 Å². The molecule has 3 rings (SSSR count). The summed E-state index contributed by atoms with van der Waals surface area (Å²) in [5, 5.41) is 10.4. The summed E-state index contributed by atoms with van der Waals surface area (Å²) in [6.07, 6.45) is 1.12. The summed E-state index contributed by atoms with van der Waals surface area (Å²) in [6.45, 7) is 0.583. The molecule has 0 aliphatic heterocycles. The number of carbonyl (C=O) groups excluding carboxylic acids is 1. The number of nitriles is 1. The number of nitrogens with one attached hydrogen (secondary N) is 2. The lowest BCUT2D eigenvalue weighted by atomic mass is 10.1. The molecule has 0 bridgehead atoms. The number of fused-ring (bicyclic) bond motifs is 1. The number of carbonyl (C=O) groups is 1. The lowest BCUT2D eigenvalue weighted by molar-refractivity contribution is -0.122. The van der Waals surface area contributed by atoms with E-state index < -0.39 is 52.6 Å². The number of aromatic nitrogens is 3. The predicted octanol–water partition coefficient (Wildman–Crippen LogP) is 1.25. The van der Waals surface area contributed by atoms with E-state index in [0.29, 0.717) is 4.57 Å². The summed E-state index contributed by atoms with van der Waals surface area (Å²) in [4.78, 5) is 42.7. The summed E-state index contributed by atoms with van der Waals surface area (Å²) >= 11 is 0. The second kappa shape index (κ2) is 7.59. The standard InChI is InChI=1S/C18H12F3N5O3/c1-8(16-11(20)4-9(5-22)6-23-16)24-13(27)7-26-17(28)14-12(25-18(26)29)3-2-10(19)15(14)21/h2-4,6,8H,7H2,1H3,(H,24,27)(H,25,29)/t8-/m0/s1. The Morgan fingerprint density at radius 2 is 2.03 bits per heavy atom. The highest BCUT2D eigenvalue weighted by atomic mass is 19.2. The number of benzene rings is 1. The molecule has 3 aromatic rings. The van der Waals surface area contributed by atoms with Crippen molar-refractivity contribution in [2.45, 2.75) is 19.5 Å².